The van der Waals surface area contributed by atoms with Crippen LogP contribution in [0.25, 0.3) is 0 Å². The van der Waals surface area contributed by atoms with E-state index in [-0.39, 0.29) is 35.4 Å². The van der Waals surface area contributed by atoms with Gasteiger partial charge in [-0.25, -0.2) is 17.5 Å². The van der Waals surface area contributed by atoms with Crippen molar-refractivity contribution in [2.75, 3.05) is 26.0 Å². The average Bonchev–Trinajstić information content (AvgIpc) is 2.36. The molecule has 0 heterocycles. The molecule has 0 spiro atoms. The Kier molecular flexibility index (Phi) is 5.73. The maximum atomic E-state index is 13.6. The summed E-state index contributed by atoms with van der Waals surface area (Å²) in [5.41, 5.74) is 5.46. The first-order valence-electron chi connectivity index (χ1n) is 6.05. The van der Waals surface area contributed by atoms with Crippen LogP contribution in [0.3, 0.4) is 0 Å². The van der Waals surface area contributed by atoms with Crippen LogP contribution in [-0.4, -0.2) is 33.8 Å². The number of nitrogens with one attached hydrogen (secondary N) is 1. The van der Waals surface area contributed by atoms with Gasteiger partial charge in [0, 0.05) is 13.2 Å². The molecule has 4 N–H and O–H groups in total. The Labute approximate surface area is 117 Å². The average molecular weight is 306 g/mol. The number of aliphatic hydroxyl groups excluding tert-OH is 1. The van der Waals surface area contributed by atoms with Crippen molar-refractivity contribution in [2.45, 2.75) is 18.2 Å². The van der Waals surface area contributed by atoms with E-state index in [0.717, 1.165) is 12.1 Å². The van der Waals surface area contributed by atoms with Crippen molar-refractivity contribution in [2.24, 2.45) is 5.92 Å². The van der Waals surface area contributed by atoms with Crippen LogP contribution in [-0.2, 0) is 10.0 Å². The standard InChI is InChI=1S/C12H19FN2O4S/c1-8(3-4-16)7-15-20(17,18)9-5-10(13)12(19-2)11(14)6-9/h5-6,8,15-16H,3-4,7,14H2,1-2H3. The molecule has 1 unspecified atom stereocenters. The zero-order valence-electron chi connectivity index (χ0n) is 11.4. The fraction of sp³-hybridized carbons (Fsp3) is 0.500. The van der Waals surface area contributed by atoms with Crippen LogP contribution in [0.4, 0.5) is 10.1 Å². The minimum Gasteiger partial charge on any atom is -0.492 e. The summed E-state index contributed by atoms with van der Waals surface area (Å²) in [6.07, 6.45) is 0.474. The molecule has 8 heteroatoms. The fourth-order valence-corrected chi connectivity index (χ4v) is 2.83. The molecule has 0 radical (unpaired) electrons. The Morgan fingerprint density at radius 1 is 1.50 bits per heavy atom. The van der Waals surface area contributed by atoms with Crippen molar-refractivity contribution in [3.8, 4) is 5.75 Å². The van der Waals surface area contributed by atoms with Crippen LogP contribution in [0, 0.1) is 11.7 Å². The Hall–Kier alpha value is -1.38. The van der Waals surface area contributed by atoms with E-state index in [1.54, 1.807) is 6.92 Å². The molecule has 20 heavy (non-hydrogen) atoms. The topological polar surface area (TPSA) is 102 Å². The molecule has 0 aliphatic rings. The van der Waals surface area contributed by atoms with Gasteiger partial charge in [-0.05, 0) is 24.5 Å². The SMILES string of the molecule is COc1c(N)cc(S(=O)(=O)NCC(C)CCO)cc1F. The first-order chi connectivity index (χ1) is 9.31. The maximum Gasteiger partial charge on any atom is 0.240 e. The molecule has 114 valence electrons. The highest BCUT2D eigenvalue weighted by Gasteiger charge is 2.19. The third-order valence-electron chi connectivity index (χ3n) is 2.80. The van der Waals surface area contributed by atoms with Crippen LogP contribution in [0.1, 0.15) is 13.3 Å². The molecule has 0 amide bonds. The van der Waals surface area contributed by atoms with Gasteiger partial charge in [0.15, 0.2) is 11.6 Å². The quantitative estimate of drug-likeness (QED) is 0.644. The molecule has 1 aromatic rings. The number of hydrogen-bond acceptors (Lipinski definition) is 5. The first kappa shape index (κ1) is 16.7. The lowest BCUT2D eigenvalue weighted by Crippen LogP contribution is -2.29. The monoisotopic (exact) mass is 306 g/mol. The number of aliphatic hydroxyl groups is 1. The van der Waals surface area contributed by atoms with E-state index in [0.29, 0.717) is 6.42 Å². The smallest absolute Gasteiger partial charge is 0.240 e. The lowest BCUT2D eigenvalue weighted by Gasteiger charge is -2.13. The highest BCUT2D eigenvalue weighted by atomic mass is 32.2. The van der Waals surface area contributed by atoms with E-state index in [4.69, 9.17) is 15.6 Å². The number of methoxy groups -OCH3 is 1. The minimum atomic E-state index is -3.85. The Balaban J connectivity index is 2.93. The number of rotatable bonds is 7. The van der Waals surface area contributed by atoms with Gasteiger partial charge in [0.1, 0.15) is 0 Å². The zero-order chi connectivity index (χ0) is 15.3. The molecular weight excluding hydrogens is 287 g/mol. The Bertz CT molecular complexity index is 540. The van der Waals surface area contributed by atoms with Crippen LogP contribution in [0.2, 0.25) is 0 Å². The molecule has 1 aromatic carbocycles. The molecule has 0 saturated heterocycles. The number of nitrogen functional groups attached to an aromatic ring is 1. The lowest BCUT2D eigenvalue weighted by molar-refractivity contribution is 0.263. The van der Waals surface area contributed by atoms with Crippen LogP contribution >= 0.6 is 0 Å². The number of hydrogen-bond donors (Lipinski definition) is 3. The second-order valence-corrected chi connectivity index (χ2v) is 6.26. The number of sulfonamides is 1. The van der Waals surface area contributed by atoms with Gasteiger partial charge in [0.2, 0.25) is 10.0 Å². The molecule has 0 fully saturated rings. The second kappa shape index (κ2) is 6.87. The fourth-order valence-electron chi connectivity index (χ4n) is 1.62. The first-order valence-corrected chi connectivity index (χ1v) is 7.53. The van der Waals surface area contributed by atoms with Crippen LogP contribution in [0.5, 0.6) is 5.75 Å². The normalized spacial score (nSPS) is 13.2. The second-order valence-electron chi connectivity index (χ2n) is 4.50. The summed E-state index contributed by atoms with van der Waals surface area (Å²) in [7, 11) is -2.60. The van der Waals surface area contributed by atoms with E-state index in [1.165, 1.54) is 7.11 Å². The molecule has 1 rings (SSSR count). The van der Waals surface area contributed by atoms with E-state index >= 15 is 0 Å². The third-order valence-corrected chi connectivity index (χ3v) is 4.21. The summed E-state index contributed by atoms with van der Waals surface area (Å²) in [6.45, 7) is 1.92. The predicted octanol–water partition coefficient (Wildman–Crippen LogP) is 0.713. The van der Waals surface area contributed by atoms with E-state index < -0.39 is 15.8 Å². The van der Waals surface area contributed by atoms with E-state index in [9.17, 15) is 12.8 Å². The van der Waals surface area contributed by atoms with Crippen LogP contribution < -0.4 is 15.2 Å². The molecular formula is C12H19FN2O4S. The Morgan fingerprint density at radius 2 is 2.15 bits per heavy atom. The highest BCUT2D eigenvalue weighted by Crippen LogP contribution is 2.28. The number of benzene rings is 1. The number of ether oxygens (including phenoxy) is 1. The van der Waals surface area contributed by atoms with E-state index in [1.807, 2.05) is 0 Å². The van der Waals surface area contributed by atoms with Crippen molar-refractivity contribution in [1.82, 2.24) is 4.72 Å². The summed E-state index contributed by atoms with van der Waals surface area (Å²) in [6, 6.07) is 2.00. The largest absolute Gasteiger partial charge is 0.492 e. The zero-order valence-corrected chi connectivity index (χ0v) is 12.2. The molecule has 0 bridgehead atoms. The summed E-state index contributed by atoms with van der Waals surface area (Å²) in [5.74, 6) is -1.05. The van der Waals surface area contributed by atoms with Gasteiger partial charge in [-0.15, -0.1) is 0 Å². The van der Waals surface area contributed by atoms with Gasteiger partial charge in [0.05, 0.1) is 17.7 Å². The van der Waals surface area contributed by atoms with Crippen molar-refractivity contribution < 1.29 is 22.7 Å². The molecule has 0 aliphatic carbocycles. The van der Waals surface area contributed by atoms with E-state index in [2.05, 4.69) is 4.72 Å². The van der Waals surface area contributed by atoms with Crippen molar-refractivity contribution in [3.05, 3.63) is 17.9 Å². The molecule has 0 aliphatic heterocycles. The van der Waals surface area contributed by atoms with Crippen LogP contribution in [0.15, 0.2) is 17.0 Å². The molecule has 0 aromatic heterocycles. The predicted molar refractivity (Wildman–Crippen MR) is 73.4 cm³/mol. The summed E-state index contributed by atoms with van der Waals surface area (Å²) in [4.78, 5) is -0.260. The molecule has 1 atom stereocenters. The van der Waals surface area contributed by atoms with Gasteiger partial charge < -0.3 is 15.6 Å². The van der Waals surface area contributed by atoms with Gasteiger partial charge in [-0.3, -0.25) is 0 Å². The molecule has 0 saturated carbocycles. The van der Waals surface area contributed by atoms with Gasteiger partial charge in [-0.2, -0.15) is 0 Å². The Morgan fingerprint density at radius 3 is 2.65 bits per heavy atom. The summed E-state index contributed by atoms with van der Waals surface area (Å²) >= 11 is 0. The molecule has 6 nitrogen and oxygen atoms in total. The van der Waals surface area contributed by atoms with Gasteiger partial charge >= 0.3 is 0 Å². The maximum absolute atomic E-state index is 13.6. The lowest BCUT2D eigenvalue weighted by atomic mass is 10.1. The number of anilines is 1. The van der Waals surface area contributed by atoms with Crippen molar-refractivity contribution in [3.63, 3.8) is 0 Å². The van der Waals surface area contributed by atoms with Gasteiger partial charge in [-0.1, -0.05) is 6.92 Å². The summed E-state index contributed by atoms with van der Waals surface area (Å²) < 4.78 is 44.7. The summed E-state index contributed by atoms with van der Waals surface area (Å²) in [5, 5.41) is 8.76. The number of halogens is 1. The van der Waals surface area contributed by atoms with Gasteiger partial charge in [0.25, 0.3) is 0 Å². The number of nitrogens with two attached hydrogens (primary N) is 1. The van der Waals surface area contributed by atoms with Crippen molar-refractivity contribution in [1.29, 1.82) is 0 Å². The minimum absolute atomic E-state index is 0.0208. The third kappa shape index (κ3) is 4.06. The highest BCUT2D eigenvalue weighted by molar-refractivity contribution is 7.89. The van der Waals surface area contributed by atoms with Crippen molar-refractivity contribution >= 4 is 15.7 Å².